The Labute approximate surface area is 133 Å². The third kappa shape index (κ3) is 3.84. The van der Waals surface area contributed by atoms with Crippen molar-refractivity contribution in [2.45, 2.75) is 13.3 Å². The Morgan fingerprint density at radius 3 is 2.71 bits per heavy atom. The van der Waals surface area contributed by atoms with Gasteiger partial charge < -0.3 is 5.32 Å². The van der Waals surface area contributed by atoms with E-state index in [0.29, 0.717) is 0 Å². The molecule has 4 heteroatoms. The molecule has 0 atom stereocenters. The number of hydrogen-bond acceptors (Lipinski definition) is 3. The number of halogens is 1. The van der Waals surface area contributed by atoms with Crippen LogP contribution in [0.3, 0.4) is 0 Å². The number of hydrogen-bond donors (Lipinski definition) is 1. The highest BCUT2D eigenvalue weighted by molar-refractivity contribution is 7.15. The van der Waals surface area contributed by atoms with E-state index in [4.69, 9.17) is 11.6 Å². The van der Waals surface area contributed by atoms with Crippen LogP contribution in [-0.2, 0) is 6.42 Å². The third-order valence-corrected chi connectivity index (χ3v) is 4.27. The van der Waals surface area contributed by atoms with Gasteiger partial charge in [0.25, 0.3) is 0 Å². The lowest BCUT2D eigenvalue weighted by atomic mass is 10.1. The molecule has 0 aliphatic heterocycles. The van der Waals surface area contributed by atoms with E-state index >= 15 is 0 Å². The van der Waals surface area contributed by atoms with Crippen molar-refractivity contribution in [1.29, 1.82) is 0 Å². The number of aryl methyl sites for hydroxylation is 1. The molecule has 3 rings (SSSR count). The molecule has 1 heterocycles. The lowest BCUT2D eigenvalue weighted by molar-refractivity contribution is 1.20. The molecule has 0 saturated heterocycles. The van der Waals surface area contributed by atoms with Gasteiger partial charge in [-0.1, -0.05) is 41.4 Å². The van der Waals surface area contributed by atoms with Crippen molar-refractivity contribution in [1.82, 2.24) is 4.98 Å². The summed E-state index contributed by atoms with van der Waals surface area (Å²) in [7, 11) is 0. The Kier molecular flexibility index (Phi) is 4.23. The van der Waals surface area contributed by atoms with Gasteiger partial charge in [0.15, 0.2) is 5.13 Å². The zero-order chi connectivity index (χ0) is 14.7. The second-order valence-corrected chi connectivity index (χ2v) is 6.48. The van der Waals surface area contributed by atoms with Crippen LogP contribution in [0, 0.1) is 6.92 Å². The fourth-order valence-electron chi connectivity index (χ4n) is 2.13. The van der Waals surface area contributed by atoms with Crippen molar-refractivity contribution in [2.75, 3.05) is 5.32 Å². The highest BCUT2D eigenvalue weighted by Gasteiger charge is 2.04. The highest BCUT2D eigenvalue weighted by atomic mass is 35.5. The molecule has 1 N–H and O–H groups in total. The SMILES string of the molecule is Cc1cccc(Cc2cnc(Nc3ccc(Cl)cc3)s2)c1. The lowest BCUT2D eigenvalue weighted by Crippen LogP contribution is -1.87. The van der Waals surface area contributed by atoms with Crippen molar-refractivity contribution < 1.29 is 0 Å². The molecule has 3 aromatic rings. The highest BCUT2D eigenvalue weighted by Crippen LogP contribution is 2.25. The molecule has 0 radical (unpaired) electrons. The molecule has 0 unspecified atom stereocenters. The number of anilines is 2. The summed E-state index contributed by atoms with van der Waals surface area (Å²) < 4.78 is 0. The summed E-state index contributed by atoms with van der Waals surface area (Å²) in [4.78, 5) is 5.67. The van der Waals surface area contributed by atoms with E-state index in [-0.39, 0.29) is 0 Å². The zero-order valence-corrected chi connectivity index (χ0v) is 13.2. The molecule has 0 spiro atoms. The first kappa shape index (κ1) is 14.1. The van der Waals surface area contributed by atoms with Crippen LogP contribution in [0.1, 0.15) is 16.0 Å². The minimum atomic E-state index is 0.736. The van der Waals surface area contributed by atoms with E-state index < -0.39 is 0 Å². The third-order valence-electron chi connectivity index (χ3n) is 3.11. The number of aromatic nitrogens is 1. The van der Waals surface area contributed by atoms with Crippen LogP contribution >= 0.6 is 22.9 Å². The van der Waals surface area contributed by atoms with E-state index in [1.54, 1.807) is 11.3 Å². The fourth-order valence-corrected chi connectivity index (χ4v) is 3.12. The smallest absolute Gasteiger partial charge is 0.187 e. The topological polar surface area (TPSA) is 24.9 Å². The molecule has 0 aliphatic carbocycles. The van der Waals surface area contributed by atoms with E-state index in [0.717, 1.165) is 22.3 Å². The van der Waals surface area contributed by atoms with Crippen LogP contribution in [0.5, 0.6) is 0 Å². The van der Waals surface area contributed by atoms with Gasteiger partial charge in [-0.2, -0.15) is 0 Å². The van der Waals surface area contributed by atoms with Gasteiger partial charge >= 0.3 is 0 Å². The number of benzene rings is 2. The Morgan fingerprint density at radius 2 is 1.95 bits per heavy atom. The van der Waals surface area contributed by atoms with E-state index in [1.165, 1.54) is 16.0 Å². The van der Waals surface area contributed by atoms with Crippen molar-refractivity contribution in [3.05, 3.63) is 75.8 Å². The largest absolute Gasteiger partial charge is 0.332 e. The summed E-state index contributed by atoms with van der Waals surface area (Å²) in [6.07, 6.45) is 2.85. The van der Waals surface area contributed by atoms with Gasteiger partial charge in [0.1, 0.15) is 0 Å². The first-order valence-corrected chi connectivity index (χ1v) is 7.91. The quantitative estimate of drug-likeness (QED) is 0.693. The standard InChI is InChI=1S/C17H15ClN2S/c1-12-3-2-4-13(9-12)10-16-11-19-17(21-16)20-15-7-5-14(18)6-8-15/h2-9,11H,10H2,1H3,(H,19,20). The molecule has 1 aromatic heterocycles. The fraction of sp³-hybridized carbons (Fsp3) is 0.118. The summed E-state index contributed by atoms with van der Waals surface area (Å²) in [5.74, 6) is 0. The number of thiazole rings is 1. The monoisotopic (exact) mass is 314 g/mol. The summed E-state index contributed by atoms with van der Waals surface area (Å²) in [5.41, 5.74) is 3.60. The Hall–Kier alpha value is -1.84. The van der Waals surface area contributed by atoms with E-state index in [1.807, 2.05) is 30.5 Å². The maximum Gasteiger partial charge on any atom is 0.187 e. The maximum absolute atomic E-state index is 5.88. The molecular weight excluding hydrogens is 300 g/mol. The number of nitrogens with zero attached hydrogens (tertiary/aromatic N) is 1. The first-order chi connectivity index (χ1) is 10.2. The zero-order valence-electron chi connectivity index (χ0n) is 11.6. The van der Waals surface area contributed by atoms with Crippen LogP contribution in [0.25, 0.3) is 0 Å². The predicted molar refractivity (Wildman–Crippen MR) is 90.8 cm³/mol. The van der Waals surface area contributed by atoms with Gasteiger partial charge in [-0.05, 0) is 36.8 Å². The summed E-state index contributed by atoms with van der Waals surface area (Å²) in [5, 5.41) is 4.94. The molecule has 0 aliphatic rings. The summed E-state index contributed by atoms with van der Waals surface area (Å²) in [6.45, 7) is 2.11. The molecule has 21 heavy (non-hydrogen) atoms. The summed E-state index contributed by atoms with van der Waals surface area (Å²) >= 11 is 7.56. The second-order valence-electron chi connectivity index (χ2n) is 4.93. The minimum Gasteiger partial charge on any atom is -0.332 e. The normalized spacial score (nSPS) is 10.6. The molecule has 0 bridgehead atoms. The lowest BCUT2D eigenvalue weighted by Gasteiger charge is -2.02. The van der Waals surface area contributed by atoms with Gasteiger partial charge in [-0.25, -0.2) is 4.98 Å². The van der Waals surface area contributed by atoms with Crippen LogP contribution in [0.2, 0.25) is 5.02 Å². The van der Waals surface area contributed by atoms with Gasteiger partial charge in [0.2, 0.25) is 0 Å². The van der Waals surface area contributed by atoms with Crippen LogP contribution < -0.4 is 5.32 Å². The van der Waals surface area contributed by atoms with E-state index in [9.17, 15) is 0 Å². The average molecular weight is 315 g/mol. The minimum absolute atomic E-state index is 0.736. The summed E-state index contributed by atoms with van der Waals surface area (Å²) in [6, 6.07) is 16.2. The Bertz CT molecular complexity index is 735. The maximum atomic E-state index is 5.88. The van der Waals surface area contributed by atoms with Crippen molar-refractivity contribution >= 4 is 33.8 Å². The molecule has 0 saturated carbocycles. The van der Waals surface area contributed by atoms with Gasteiger partial charge in [-0.15, -0.1) is 11.3 Å². The van der Waals surface area contributed by atoms with Crippen LogP contribution in [0.4, 0.5) is 10.8 Å². The Balaban J connectivity index is 1.70. The van der Waals surface area contributed by atoms with E-state index in [2.05, 4.69) is 41.5 Å². The second kappa shape index (κ2) is 6.29. The molecule has 0 fully saturated rings. The number of rotatable bonds is 4. The van der Waals surface area contributed by atoms with Gasteiger partial charge in [0, 0.05) is 28.2 Å². The molecule has 2 aromatic carbocycles. The van der Waals surface area contributed by atoms with Crippen molar-refractivity contribution in [2.24, 2.45) is 0 Å². The van der Waals surface area contributed by atoms with Crippen LogP contribution in [0.15, 0.2) is 54.7 Å². The predicted octanol–water partition coefficient (Wildman–Crippen LogP) is 5.44. The first-order valence-electron chi connectivity index (χ1n) is 6.72. The van der Waals surface area contributed by atoms with Gasteiger partial charge in [-0.3, -0.25) is 0 Å². The number of nitrogens with one attached hydrogen (secondary N) is 1. The molecule has 2 nitrogen and oxygen atoms in total. The average Bonchev–Trinajstić information content (AvgIpc) is 2.89. The Morgan fingerprint density at radius 1 is 1.14 bits per heavy atom. The van der Waals surface area contributed by atoms with Gasteiger partial charge in [0.05, 0.1) is 0 Å². The molecule has 0 amide bonds. The van der Waals surface area contributed by atoms with Crippen LogP contribution in [-0.4, -0.2) is 4.98 Å². The van der Waals surface area contributed by atoms with Crippen molar-refractivity contribution in [3.8, 4) is 0 Å². The van der Waals surface area contributed by atoms with Crippen molar-refractivity contribution in [3.63, 3.8) is 0 Å². The molecular formula is C17H15ClN2S. The molecule has 106 valence electrons.